The Morgan fingerprint density at radius 3 is 2.35 bits per heavy atom. The minimum absolute atomic E-state index is 0.0955. The van der Waals surface area contributed by atoms with Crippen molar-refractivity contribution in [3.05, 3.63) is 65.5 Å². The molecule has 1 atom stereocenters. The summed E-state index contributed by atoms with van der Waals surface area (Å²) in [7, 11) is 0. The molecule has 0 aliphatic heterocycles. The Balaban J connectivity index is 2.31. The minimum Gasteiger partial charge on any atom is -0.306 e. The third-order valence-electron chi connectivity index (χ3n) is 3.15. The summed E-state index contributed by atoms with van der Waals surface area (Å²) in [5.41, 5.74) is 1.79. The molecule has 1 N–H and O–H groups in total. The third-order valence-corrected chi connectivity index (χ3v) is 4.04. The van der Waals surface area contributed by atoms with Crippen molar-refractivity contribution in [3.63, 3.8) is 0 Å². The number of thioether (sulfide) groups is 1. The lowest BCUT2D eigenvalue weighted by atomic mass is 9.98. The average molecular weight is 289 g/mol. The third kappa shape index (κ3) is 3.62. The second kappa shape index (κ2) is 7.46. The molecule has 106 valence electrons. The van der Waals surface area contributed by atoms with E-state index in [0.29, 0.717) is 5.56 Å². The summed E-state index contributed by atoms with van der Waals surface area (Å²) in [5.74, 6) is 0.897. The fourth-order valence-electron chi connectivity index (χ4n) is 2.24. The molecule has 0 aromatic heterocycles. The van der Waals surface area contributed by atoms with Gasteiger partial charge < -0.3 is 5.32 Å². The quantitative estimate of drug-likeness (QED) is 0.778. The van der Waals surface area contributed by atoms with E-state index in [2.05, 4.69) is 36.5 Å². The minimum atomic E-state index is -0.162. The van der Waals surface area contributed by atoms with Crippen LogP contribution in [0.25, 0.3) is 0 Å². The van der Waals surface area contributed by atoms with Crippen LogP contribution in [0, 0.1) is 5.82 Å². The molecule has 3 heteroatoms. The van der Waals surface area contributed by atoms with E-state index in [1.165, 1.54) is 11.0 Å². The standard InChI is InChI=1S/C17H20FNS/c1-3-19-17(15-7-5-6-8-16(15)18)13-9-11-14(12-10-13)20-4-2/h5-12,17,19H,3-4H2,1-2H3. The van der Waals surface area contributed by atoms with Gasteiger partial charge in [0.15, 0.2) is 0 Å². The predicted octanol–water partition coefficient (Wildman–Crippen LogP) is 4.64. The van der Waals surface area contributed by atoms with E-state index in [-0.39, 0.29) is 11.9 Å². The predicted molar refractivity (Wildman–Crippen MR) is 84.8 cm³/mol. The molecule has 0 fully saturated rings. The second-order valence-corrected chi connectivity index (χ2v) is 5.85. The number of nitrogens with one attached hydrogen (secondary N) is 1. The van der Waals surface area contributed by atoms with Crippen LogP contribution in [0.5, 0.6) is 0 Å². The molecule has 2 aromatic rings. The Morgan fingerprint density at radius 2 is 1.75 bits per heavy atom. The molecule has 2 aromatic carbocycles. The topological polar surface area (TPSA) is 12.0 Å². The molecule has 0 aliphatic carbocycles. The zero-order chi connectivity index (χ0) is 14.4. The molecule has 0 amide bonds. The summed E-state index contributed by atoms with van der Waals surface area (Å²) in [6.45, 7) is 4.97. The van der Waals surface area contributed by atoms with E-state index >= 15 is 0 Å². The van der Waals surface area contributed by atoms with Crippen molar-refractivity contribution >= 4 is 11.8 Å². The molecule has 1 unspecified atom stereocenters. The summed E-state index contributed by atoms with van der Waals surface area (Å²) < 4.78 is 14.0. The van der Waals surface area contributed by atoms with E-state index in [0.717, 1.165) is 17.9 Å². The number of hydrogen-bond acceptors (Lipinski definition) is 2. The first-order chi connectivity index (χ1) is 9.76. The lowest BCUT2D eigenvalue weighted by Gasteiger charge is -2.19. The van der Waals surface area contributed by atoms with Gasteiger partial charge in [-0.25, -0.2) is 4.39 Å². The molecule has 0 spiro atoms. The van der Waals surface area contributed by atoms with Gasteiger partial charge in [-0.2, -0.15) is 0 Å². The zero-order valence-electron chi connectivity index (χ0n) is 11.9. The van der Waals surface area contributed by atoms with Crippen molar-refractivity contribution in [1.29, 1.82) is 0 Å². The molecule has 0 aliphatic rings. The fraction of sp³-hybridized carbons (Fsp3) is 0.294. The monoisotopic (exact) mass is 289 g/mol. The smallest absolute Gasteiger partial charge is 0.128 e. The number of rotatable bonds is 6. The van der Waals surface area contributed by atoms with Gasteiger partial charge in [0, 0.05) is 10.5 Å². The number of halogens is 1. The van der Waals surface area contributed by atoms with Crippen molar-refractivity contribution in [2.24, 2.45) is 0 Å². The highest BCUT2D eigenvalue weighted by Crippen LogP contribution is 2.26. The molecule has 0 bridgehead atoms. The van der Waals surface area contributed by atoms with Gasteiger partial charge in [-0.15, -0.1) is 11.8 Å². The van der Waals surface area contributed by atoms with Gasteiger partial charge in [0.05, 0.1) is 6.04 Å². The molecule has 1 nitrogen and oxygen atoms in total. The van der Waals surface area contributed by atoms with Gasteiger partial charge in [-0.1, -0.05) is 44.2 Å². The summed E-state index contributed by atoms with van der Waals surface area (Å²) in [6, 6.07) is 15.2. The first-order valence-electron chi connectivity index (χ1n) is 6.96. The summed E-state index contributed by atoms with van der Waals surface area (Å²) in [6.07, 6.45) is 0. The van der Waals surface area contributed by atoms with Crippen LogP contribution < -0.4 is 5.32 Å². The van der Waals surface area contributed by atoms with Crippen molar-refractivity contribution < 1.29 is 4.39 Å². The summed E-state index contributed by atoms with van der Waals surface area (Å²) >= 11 is 1.81. The summed E-state index contributed by atoms with van der Waals surface area (Å²) in [4.78, 5) is 1.25. The fourth-order valence-corrected chi connectivity index (χ4v) is 2.91. The highest BCUT2D eigenvalue weighted by molar-refractivity contribution is 7.99. The van der Waals surface area contributed by atoms with Gasteiger partial charge in [0.2, 0.25) is 0 Å². The van der Waals surface area contributed by atoms with Crippen molar-refractivity contribution in [1.82, 2.24) is 5.32 Å². The molecule has 0 saturated heterocycles. The SMILES string of the molecule is CCNC(c1ccc(SCC)cc1)c1ccccc1F. The van der Waals surface area contributed by atoms with Gasteiger partial charge in [0.1, 0.15) is 5.82 Å². The zero-order valence-corrected chi connectivity index (χ0v) is 12.7. The molecule has 20 heavy (non-hydrogen) atoms. The number of benzene rings is 2. The van der Waals surface area contributed by atoms with Crippen LogP contribution in [0.4, 0.5) is 4.39 Å². The Bertz CT molecular complexity index is 539. The van der Waals surface area contributed by atoms with E-state index in [4.69, 9.17) is 0 Å². The van der Waals surface area contributed by atoms with Crippen LogP contribution in [0.2, 0.25) is 0 Å². The van der Waals surface area contributed by atoms with E-state index < -0.39 is 0 Å². The number of hydrogen-bond donors (Lipinski definition) is 1. The van der Waals surface area contributed by atoms with Gasteiger partial charge in [0.25, 0.3) is 0 Å². The van der Waals surface area contributed by atoms with Crippen molar-refractivity contribution in [2.45, 2.75) is 24.8 Å². The maximum Gasteiger partial charge on any atom is 0.128 e. The van der Waals surface area contributed by atoms with Crippen LogP contribution in [0.15, 0.2) is 53.4 Å². The molecule has 2 rings (SSSR count). The Labute approximate surface area is 124 Å². The molecule has 0 radical (unpaired) electrons. The second-order valence-electron chi connectivity index (χ2n) is 4.51. The Morgan fingerprint density at radius 1 is 1.05 bits per heavy atom. The molecule has 0 heterocycles. The average Bonchev–Trinajstić information content (AvgIpc) is 2.47. The molecular formula is C17H20FNS. The summed E-state index contributed by atoms with van der Waals surface area (Å²) in [5, 5.41) is 3.36. The Kier molecular flexibility index (Phi) is 5.62. The maximum absolute atomic E-state index is 14.0. The Hall–Kier alpha value is -1.32. The van der Waals surface area contributed by atoms with Crippen LogP contribution in [0.3, 0.4) is 0 Å². The van der Waals surface area contributed by atoms with Crippen LogP contribution in [0.1, 0.15) is 31.0 Å². The first-order valence-corrected chi connectivity index (χ1v) is 7.95. The normalized spacial score (nSPS) is 12.3. The van der Waals surface area contributed by atoms with Crippen molar-refractivity contribution in [3.8, 4) is 0 Å². The van der Waals surface area contributed by atoms with Gasteiger partial charge in [-0.3, -0.25) is 0 Å². The molecule has 0 saturated carbocycles. The van der Waals surface area contributed by atoms with E-state index in [1.807, 2.05) is 30.8 Å². The maximum atomic E-state index is 14.0. The van der Waals surface area contributed by atoms with Gasteiger partial charge >= 0.3 is 0 Å². The largest absolute Gasteiger partial charge is 0.306 e. The van der Waals surface area contributed by atoms with Crippen LogP contribution in [-0.2, 0) is 0 Å². The van der Waals surface area contributed by atoms with Crippen LogP contribution >= 0.6 is 11.8 Å². The van der Waals surface area contributed by atoms with Gasteiger partial charge in [-0.05, 0) is 36.1 Å². The lowest BCUT2D eigenvalue weighted by Crippen LogP contribution is -2.22. The first kappa shape index (κ1) is 15.1. The molecular weight excluding hydrogens is 269 g/mol. The highest BCUT2D eigenvalue weighted by atomic mass is 32.2. The van der Waals surface area contributed by atoms with Crippen molar-refractivity contribution in [2.75, 3.05) is 12.3 Å². The lowest BCUT2D eigenvalue weighted by molar-refractivity contribution is 0.559. The van der Waals surface area contributed by atoms with E-state index in [9.17, 15) is 4.39 Å². The van der Waals surface area contributed by atoms with Crippen LogP contribution in [-0.4, -0.2) is 12.3 Å². The van der Waals surface area contributed by atoms with E-state index in [1.54, 1.807) is 6.07 Å². The highest BCUT2D eigenvalue weighted by Gasteiger charge is 2.16.